The van der Waals surface area contributed by atoms with E-state index in [-0.39, 0.29) is 24.4 Å². The summed E-state index contributed by atoms with van der Waals surface area (Å²) in [6.45, 7) is 1.54. The van der Waals surface area contributed by atoms with Crippen LogP contribution >= 0.6 is 0 Å². The van der Waals surface area contributed by atoms with Crippen LogP contribution in [0.15, 0.2) is 24.3 Å². The van der Waals surface area contributed by atoms with E-state index in [0.29, 0.717) is 17.6 Å². The van der Waals surface area contributed by atoms with Gasteiger partial charge in [0.25, 0.3) is 5.91 Å². The van der Waals surface area contributed by atoms with Crippen LogP contribution in [0.3, 0.4) is 0 Å². The minimum Gasteiger partial charge on any atom is -0.484 e. The summed E-state index contributed by atoms with van der Waals surface area (Å²) in [4.78, 5) is 14.0. The molecule has 3 atom stereocenters. The number of ether oxygens (including phenoxy) is 1. The van der Waals surface area contributed by atoms with Crippen LogP contribution in [-0.2, 0) is 4.79 Å². The summed E-state index contributed by atoms with van der Waals surface area (Å²) in [7, 11) is 0. The van der Waals surface area contributed by atoms with Crippen molar-refractivity contribution in [1.29, 1.82) is 0 Å². The lowest BCUT2D eigenvalue weighted by Gasteiger charge is -2.19. The van der Waals surface area contributed by atoms with Crippen LogP contribution in [0.1, 0.15) is 12.8 Å². The summed E-state index contributed by atoms with van der Waals surface area (Å²) in [5.41, 5.74) is 6.06. The molecule has 5 heteroatoms. The minimum absolute atomic E-state index is 0.000308. The molecule has 1 aromatic carbocycles. The summed E-state index contributed by atoms with van der Waals surface area (Å²) in [6, 6.07) is 5.92. The van der Waals surface area contributed by atoms with Gasteiger partial charge in [-0.3, -0.25) is 4.79 Å². The highest BCUT2D eigenvalue weighted by Crippen LogP contribution is 2.37. The Labute approximate surface area is 117 Å². The molecule has 1 saturated carbocycles. The number of nitrogens with two attached hydrogens (primary N) is 1. The first-order chi connectivity index (χ1) is 9.63. The molecule has 4 nitrogen and oxygen atoms in total. The number of nitrogens with zero attached hydrogens (tertiary/aromatic N) is 1. The van der Waals surface area contributed by atoms with Crippen molar-refractivity contribution in [2.24, 2.45) is 17.6 Å². The molecular weight excluding hydrogens is 259 g/mol. The molecule has 1 amide bonds. The lowest BCUT2D eigenvalue weighted by Crippen LogP contribution is -2.36. The second-order valence-corrected chi connectivity index (χ2v) is 5.71. The van der Waals surface area contributed by atoms with Crippen molar-refractivity contribution in [1.82, 2.24) is 4.90 Å². The molecule has 0 bridgehead atoms. The van der Waals surface area contributed by atoms with Crippen molar-refractivity contribution in [2.75, 3.05) is 19.7 Å². The number of likely N-dealkylation sites (tertiary alicyclic amines) is 1. The maximum Gasteiger partial charge on any atom is 0.260 e. The predicted molar refractivity (Wildman–Crippen MR) is 72.7 cm³/mol. The number of benzene rings is 1. The van der Waals surface area contributed by atoms with Crippen molar-refractivity contribution in [3.05, 3.63) is 30.1 Å². The minimum atomic E-state index is -0.315. The Hall–Kier alpha value is -1.62. The van der Waals surface area contributed by atoms with Crippen LogP contribution in [0.25, 0.3) is 0 Å². The van der Waals surface area contributed by atoms with Crippen molar-refractivity contribution >= 4 is 5.91 Å². The third kappa shape index (κ3) is 2.63. The van der Waals surface area contributed by atoms with E-state index in [1.807, 2.05) is 4.90 Å². The fraction of sp³-hybridized carbons (Fsp3) is 0.533. The number of carbonyl (C=O) groups excluding carboxylic acids is 1. The summed E-state index contributed by atoms with van der Waals surface area (Å²) in [6.07, 6.45) is 2.19. The average Bonchev–Trinajstić information content (AvgIpc) is 3.01. The largest absolute Gasteiger partial charge is 0.484 e. The van der Waals surface area contributed by atoms with Crippen LogP contribution in [-0.4, -0.2) is 36.5 Å². The van der Waals surface area contributed by atoms with Crippen LogP contribution in [0, 0.1) is 17.7 Å². The van der Waals surface area contributed by atoms with Gasteiger partial charge in [-0.25, -0.2) is 4.39 Å². The molecule has 0 aromatic heterocycles. The molecule has 0 radical (unpaired) electrons. The van der Waals surface area contributed by atoms with Gasteiger partial charge in [0.2, 0.25) is 0 Å². The molecule has 2 aliphatic rings. The smallest absolute Gasteiger partial charge is 0.260 e. The van der Waals surface area contributed by atoms with E-state index < -0.39 is 0 Å². The lowest BCUT2D eigenvalue weighted by atomic mass is 9.98. The van der Waals surface area contributed by atoms with Crippen molar-refractivity contribution in [3.8, 4) is 5.75 Å². The fourth-order valence-corrected chi connectivity index (χ4v) is 3.28. The summed E-state index contributed by atoms with van der Waals surface area (Å²) < 4.78 is 18.2. The Bertz CT molecular complexity index is 491. The second-order valence-electron chi connectivity index (χ2n) is 5.71. The number of amides is 1. The van der Waals surface area contributed by atoms with Gasteiger partial charge in [0, 0.05) is 19.1 Å². The Morgan fingerprint density at radius 3 is 2.75 bits per heavy atom. The molecule has 3 rings (SSSR count). The molecule has 3 unspecified atom stereocenters. The van der Waals surface area contributed by atoms with Gasteiger partial charge in [0.1, 0.15) is 11.6 Å². The first-order valence-electron chi connectivity index (χ1n) is 7.05. The molecule has 2 N–H and O–H groups in total. The predicted octanol–water partition coefficient (Wildman–Crippen LogP) is 1.40. The quantitative estimate of drug-likeness (QED) is 0.909. The molecule has 1 aliphatic carbocycles. The van der Waals surface area contributed by atoms with E-state index >= 15 is 0 Å². The van der Waals surface area contributed by atoms with Gasteiger partial charge in [-0.05, 0) is 48.9 Å². The molecule has 108 valence electrons. The van der Waals surface area contributed by atoms with Crippen LogP contribution in [0.2, 0.25) is 0 Å². The zero-order valence-corrected chi connectivity index (χ0v) is 11.3. The van der Waals surface area contributed by atoms with E-state index in [1.165, 1.54) is 24.3 Å². The summed E-state index contributed by atoms with van der Waals surface area (Å²) >= 11 is 0. The highest BCUT2D eigenvalue weighted by Gasteiger charge is 2.42. The number of hydrogen-bond acceptors (Lipinski definition) is 3. The van der Waals surface area contributed by atoms with E-state index in [0.717, 1.165) is 25.9 Å². The van der Waals surface area contributed by atoms with Crippen molar-refractivity contribution < 1.29 is 13.9 Å². The van der Waals surface area contributed by atoms with Gasteiger partial charge in [-0.1, -0.05) is 0 Å². The van der Waals surface area contributed by atoms with Gasteiger partial charge in [0.05, 0.1) is 0 Å². The third-order valence-electron chi connectivity index (χ3n) is 4.44. The molecule has 1 aromatic rings. The SMILES string of the molecule is NC1CCC2CN(C(=O)COc3ccc(F)cc3)CC12. The Morgan fingerprint density at radius 1 is 1.30 bits per heavy atom. The zero-order chi connectivity index (χ0) is 14.1. The first kappa shape index (κ1) is 13.4. The van der Waals surface area contributed by atoms with Crippen LogP contribution in [0.5, 0.6) is 5.75 Å². The Balaban J connectivity index is 1.52. The Kier molecular flexibility index (Phi) is 3.61. The number of carbonyl (C=O) groups is 1. The number of halogens is 1. The summed E-state index contributed by atoms with van der Waals surface area (Å²) in [5.74, 6) is 1.18. The fourth-order valence-electron chi connectivity index (χ4n) is 3.28. The topological polar surface area (TPSA) is 55.6 Å². The second kappa shape index (κ2) is 5.40. The Morgan fingerprint density at radius 2 is 2.05 bits per heavy atom. The highest BCUT2D eigenvalue weighted by molar-refractivity contribution is 5.78. The first-order valence-corrected chi connectivity index (χ1v) is 7.05. The molecule has 20 heavy (non-hydrogen) atoms. The molecule has 0 spiro atoms. The van der Waals surface area contributed by atoms with Gasteiger partial charge < -0.3 is 15.4 Å². The van der Waals surface area contributed by atoms with Gasteiger partial charge in [-0.15, -0.1) is 0 Å². The molecular formula is C15H19FN2O2. The molecule has 1 heterocycles. The van der Waals surface area contributed by atoms with Crippen molar-refractivity contribution in [3.63, 3.8) is 0 Å². The zero-order valence-electron chi connectivity index (χ0n) is 11.3. The normalized spacial score (nSPS) is 28.5. The van der Waals surface area contributed by atoms with E-state index in [4.69, 9.17) is 10.5 Å². The maximum absolute atomic E-state index is 12.8. The van der Waals surface area contributed by atoms with E-state index in [2.05, 4.69) is 0 Å². The molecule has 1 aliphatic heterocycles. The van der Waals surface area contributed by atoms with Crippen LogP contribution in [0.4, 0.5) is 4.39 Å². The molecule has 2 fully saturated rings. The standard InChI is InChI=1S/C15H19FN2O2/c16-11-2-4-12(5-3-11)20-9-15(19)18-7-10-1-6-14(17)13(10)8-18/h2-5,10,13-14H,1,6-9,17H2. The maximum atomic E-state index is 12.8. The van der Waals surface area contributed by atoms with Gasteiger partial charge in [-0.2, -0.15) is 0 Å². The van der Waals surface area contributed by atoms with E-state index in [9.17, 15) is 9.18 Å². The number of rotatable bonds is 3. The van der Waals surface area contributed by atoms with E-state index in [1.54, 1.807) is 0 Å². The lowest BCUT2D eigenvalue weighted by molar-refractivity contribution is -0.132. The number of fused-ring (bicyclic) bond motifs is 1. The monoisotopic (exact) mass is 278 g/mol. The molecule has 1 saturated heterocycles. The van der Waals surface area contributed by atoms with Crippen molar-refractivity contribution in [2.45, 2.75) is 18.9 Å². The van der Waals surface area contributed by atoms with Gasteiger partial charge in [0.15, 0.2) is 6.61 Å². The third-order valence-corrected chi connectivity index (χ3v) is 4.44. The highest BCUT2D eigenvalue weighted by atomic mass is 19.1. The average molecular weight is 278 g/mol. The summed E-state index contributed by atoms with van der Waals surface area (Å²) in [5, 5.41) is 0. The number of hydrogen-bond donors (Lipinski definition) is 1. The van der Waals surface area contributed by atoms with Crippen LogP contribution < -0.4 is 10.5 Å². The van der Waals surface area contributed by atoms with Gasteiger partial charge >= 0.3 is 0 Å².